The Balaban J connectivity index is 1.74. The van der Waals surface area contributed by atoms with E-state index in [-0.39, 0.29) is 17.5 Å². The summed E-state index contributed by atoms with van der Waals surface area (Å²) in [5.74, 6) is 1.02. The summed E-state index contributed by atoms with van der Waals surface area (Å²) in [4.78, 5) is 0.136. The lowest BCUT2D eigenvalue weighted by Crippen LogP contribution is -2.44. The fourth-order valence-corrected chi connectivity index (χ4v) is 4.64. The predicted octanol–water partition coefficient (Wildman–Crippen LogP) is 1.32. The summed E-state index contributed by atoms with van der Waals surface area (Å²) in [6.07, 6.45) is 1.13. The molecule has 2 aromatic rings. The first-order valence-electron chi connectivity index (χ1n) is 7.89. The van der Waals surface area contributed by atoms with Gasteiger partial charge in [-0.15, -0.1) is 10.2 Å². The third kappa shape index (κ3) is 3.59. The van der Waals surface area contributed by atoms with Gasteiger partial charge in [0, 0.05) is 18.7 Å². The second-order valence-electron chi connectivity index (χ2n) is 5.81. The second-order valence-corrected chi connectivity index (χ2v) is 7.69. The highest BCUT2D eigenvalue weighted by Gasteiger charge is 2.35. The highest BCUT2D eigenvalue weighted by atomic mass is 32.2. The number of methoxy groups -OCH3 is 1. The van der Waals surface area contributed by atoms with Crippen molar-refractivity contribution in [1.29, 1.82) is 0 Å². The molecule has 1 atom stereocenters. The molecule has 0 spiro atoms. The fraction of sp³-hybridized carbons (Fsp3) is 0.533. The van der Waals surface area contributed by atoms with E-state index in [1.165, 1.54) is 11.4 Å². The van der Waals surface area contributed by atoms with E-state index in [0.29, 0.717) is 36.2 Å². The lowest BCUT2D eigenvalue weighted by Gasteiger charge is -2.31. The van der Waals surface area contributed by atoms with Gasteiger partial charge in [-0.25, -0.2) is 8.42 Å². The van der Waals surface area contributed by atoms with Gasteiger partial charge in [-0.05, 0) is 26.7 Å². The van der Waals surface area contributed by atoms with Crippen molar-refractivity contribution in [2.75, 3.05) is 20.2 Å². The van der Waals surface area contributed by atoms with Gasteiger partial charge < -0.3 is 14.0 Å². The number of aromatic nitrogens is 3. The van der Waals surface area contributed by atoms with E-state index < -0.39 is 10.0 Å². The van der Waals surface area contributed by atoms with Crippen molar-refractivity contribution in [3.8, 4) is 11.8 Å². The molecule has 0 radical (unpaired) electrons. The number of nitrogens with zero attached hydrogens (tertiary/aromatic N) is 4. The van der Waals surface area contributed by atoms with E-state index in [2.05, 4.69) is 15.4 Å². The molecule has 10 heteroatoms. The molecule has 9 nitrogen and oxygen atoms in total. The molecular weight excluding hydrogens is 348 g/mol. The summed E-state index contributed by atoms with van der Waals surface area (Å²) in [5.41, 5.74) is 0.363. The van der Waals surface area contributed by atoms with Crippen LogP contribution in [0, 0.1) is 13.8 Å². The first kappa shape index (κ1) is 17.6. The molecule has 136 valence electrons. The number of hydrogen-bond acceptors (Lipinski definition) is 8. The summed E-state index contributed by atoms with van der Waals surface area (Å²) in [7, 11) is -2.17. The topological polar surface area (TPSA) is 108 Å². The minimum absolute atomic E-state index is 0.136. The molecule has 2 aromatic heterocycles. The van der Waals surface area contributed by atoms with Gasteiger partial charge in [0.1, 0.15) is 16.7 Å². The zero-order valence-electron chi connectivity index (χ0n) is 14.3. The summed E-state index contributed by atoms with van der Waals surface area (Å²) in [5, 5.41) is 11.5. The van der Waals surface area contributed by atoms with Gasteiger partial charge in [0.25, 0.3) is 0 Å². The van der Waals surface area contributed by atoms with E-state index in [1.54, 1.807) is 26.0 Å². The van der Waals surface area contributed by atoms with Crippen LogP contribution in [-0.4, -0.2) is 54.4 Å². The zero-order chi connectivity index (χ0) is 18.0. The van der Waals surface area contributed by atoms with E-state index >= 15 is 0 Å². The van der Waals surface area contributed by atoms with Crippen LogP contribution in [0.2, 0.25) is 0 Å². The molecule has 1 aliphatic rings. The van der Waals surface area contributed by atoms with Crippen molar-refractivity contribution in [2.24, 2.45) is 0 Å². The standard InChI is InChI=1S/C15H20N4O5S/c1-10-15(11(2)24-18-10)25(20,21)19-8-4-5-12(9-19)23-14-7-6-13(22-3)16-17-14/h6-7,12H,4-5,8-9H2,1-3H3. The smallest absolute Gasteiger partial charge is 0.248 e. The van der Waals surface area contributed by atoms with E-state index in [4.69, 9.17) is 14.0 Å². The summed E-state index contributed by atoms with van der Waals surface area (Å²) in [6, 6.07) is 3.29. The zero-order valence-corrected chi connectivity index (χ0v) is 15.1. The highest BCUT2D eigenvalue weighted by Crippen LogP contribution is 2.27. The van der Waals surface area contributed by atoms with Crippen LogP contribution in [0.3, 0.4) is 0 Å². The van der Waals surface area contributed by atoms with E-state index in [0.717, 1.165) is 6.42 Å². The lowest BCUT2D eigenvalue weighted by molar-refractivity contribution is 0.123. The summed E-state index contributed by atoms with van der Waals surface area (Å²) in [6.45, 7) is 3.88. The quantitative estimate of drug-likeness (QED) is 0.778. The van der Waals surface area contributed by atoms with Crippen LogP contribution in [0.15, 0.2) is 21.6 Å². The van der Waals surface area contributed by atoms with Gasteiger partial charge in [0.05, 0.1) is 13.7 Å². The summed E-state index contributed by atoms with van der Waals surface area (Å²) < 4.78 is 42.9. The van der Waals surface area contributed by atoms with Crippen LogP contribution in [0.1, 0.15) is 24.3 Å². The molecule has 3 heterocycles. The SMILES string of the molecule is COc1ccc(OC2CCCN(S(=O)(=O)c3c(C)noc3C)C2)nn1. The van der Waals surface area contributed by atoms with Crippen molar-refractivity contribution in [2.45, 2.75) is 37.7 Å². The van der Waals surface area contributed by atoms with Gasteiger partial charge in [-0.3, -0.25) is 0 Å². The van der Waals surface area contributed by atoms with Crippen LogP contribution >= 0.6 is 0 Å². The Morgan fingerprint density at radius 2 is 1.96 bits per heavy atom. The number of sulfonamides is 1. The number of hydrogen-bond donors (Lipinski definition) is 0. The third-order valence-electron chi connectivity index (χ3n) is 4.02. The first-order chi connectivity index (χ1) is 11.9. The number of piperidine rings is 1. The Labute approximate surface area is 146 Å². The number of aryl methyl sites for hydroxylation is 2. The molecule has 1 unspecified atom stereocenters. The average Bonchev–Trinajstić information content (AvgIpc) is 2.95. The van der Waals surface area contributed by atoms with Crippen molar-refractivity contribution in [3.63, 3.8) is 0 Å². The molecule has 0 bridgehead atoms. The molecular formula is C15H20N4O5S. The van der Waals surface area contributed by atoms with Crippen molar-refractivity contribution in [1.82, 2.24) is 19.7 Å². The van der Waals surface area contributed by atoms with Gasteiger partial charge in [-0.1, -0.05) is 5.16 Å². The Morgan fingerprint density at radius 1 is 1.24 bits per heavy atom. The monoisotopic (exact) mass is 368 g/mol. The molecule has 1 fully saturated rings. The fourth-order valence-electron chi connectivity index (χ4n) is 2.84. The Hall–Kier alpha value is -2.20. The average molecular weight is 368 g/mol. The molecule has 0 amide bonds. The highest BCUT2D eigenvalue weighted by molar-refractivity contribution is 7.89. The minimum atomic E-state index is -3.67. The lowest BCUT2D eigenvalue weighted by atomic mass is 10.1. The van der Waals surface area contributed by atoms with Crippen LogP contribution in [0.4, 0.5) is 0 Å². The Kier molecular flexibility index (Phi) is 4.91. The maximum absolute atomic E-state index is 12.9. The second kappa shape index (κ2) is 6.96. The van der Waals surface area contributed by atoms with Gasteiger partial charge in [-0.2, -0.15) is 4.31 Å². The Bertz CT molecular complexity index is 815. The largest absolute Gasteiger partial charge is 0.480 e. The molecule has 3 rings (SSSR count). The molecule has 0 aromatic carbocycles. The predicted molar refractivity (Wildman–Crippen MR) is 87.0 cm³/mol. The molecule has 0 N–H and O–H groups in total. The van der Waals surface area contributed by atoms with Gasteiger partial charge in [0.2, 0.25) is 21.8 Å². The molecule has 0 saturated carbocycles. The Morgan fingerprint density at radius 3 is 2.56 bits per heavy atom. The molecule has 25 heavy (non-hydrogen) atoms. The van der Waals surface area contributed by atoms with E-state index in [9.17, 15) is 8.42 Å². The number of ether oxygens (including phenoxy) is 2. The maximum atomic E-state index is 12.9. The number of rotatable bonds is 5. The normalized spacial score (nSPS) is 18.9. The maximum Gasteiger partial charge on any atom is 0.248 e. The van der Waals surface area contributed by atoms with Gasteiger partial charge in [0.15, 0.2) is 5.76 Å². The van der Waals surface area contributed by atoms with Crippen LogP contribution in [0.5, 0.6) is 11.8 Å². The van der Waals surface area contributed by atoms with E-state index in [1.807, 2.05) is 0 Å². The minimum Gasteiger partial charge on any atom is -0.480 e. The molecule has 0 aliphatic carbocycles. The van der Waals surface area contributed by atoms with Crippen molar-refractivity contribution < 1.29 is 22.4 Å². The van der Waals surface area contributed by atoms with Crippen molar-refractivity contribution in [3.05, 3.63) is 23.6 Å². The summed E-state index contributed by atoms with van der Waals surface area (Å²) >= 11 is 0. The van der Waals surface area contributed by atoms with Crippen LogP contribution in [0.25, 0.3) is 0 Å². The van der Waals surface area contributed by atoms with Crippen LogP contribution in [-0.2, 0) is 10.0 Å². The third-order valence-corrected chi connectivity index (χ3v) is 6.13. The molecule has 1 saturated heterocycles. The molecule has 1 aliphatic heterocycles. The van der Waals surface area contributed by atoms with Gasteiger partial charge >= 0.3 is 0 Å². The first-order valence-corrected chi connectivity index (χ1v) is 9.33. The van der Waals surface area contributed by atoms with Crippen molar-refractivity contribution >= 4 is 10.0 Å². The van der Waals surface area contributed by atoms with Crippen LogP contribution < -0.4 is 9.47 Å².